The average molecular weight is 280 g/mol. The Morgan fingerprint density at radius 1 is 1.40 bits per heavy atom. The summed E-state index contributed by atoms with van der Waals surface area (Å²) in [4.78, 5) is 24.3. The maximum Gasteiger partial charge on any atom is 0.336 e. The third-order valence-electron chi connectivity index (χ3n) is 2.95. The number of carboxylic acid groups (broad SMARTS) is 1. The normalized spacial score (nSPS) is 11.8. The molecule has 110 valence electrons. The van der Waals surface area contributed by atoms with Gasteiger partial charge < -0.3 is 20.4 Å². The Bertz CT molecular complexity index is 500. The molecule has 0 fully saturated rings. The van der Waals surface area contributed by atoms with E-state index in [0.29, 0.717) is 24.2 Å². The van der Waals surface area contributed by atoms with Crippen LogP contribution >= 0.6 is 0 Å². The molecule has 0 aliphatic heterocycles. The van der Waals surface area contributed by atoms with Crippen LogP contribution in [0.3, 0.4) is 0 Å². The van der Waals surface area contributed by atoms with E-state index in [2.05, 4.69) is 5.32 Å². The van der Waals surface area contributed by atoms with Gasteiger partial charge in [-0.05, 0) is 38.0 Å². The predicted molar refractivity (Wildman–Crippen MR) is 76.1 cm³/mol. The quantitative estimate of drug-likeness (QED) is 0.768. The minimum absolute atomic E-state index is 0.162. The van der Waals surface area contributed by atoms with Crippen LogP contribution in [0.5, 0.6) is 0 Å². The molecule has 0 radical (unpaired) electrons. The van der Waals surface area contributed by atoms with Crippen LogP contribution in [-0.4, -0.2) is 46.8 Å². The molecule has 0 spiro atoms. The first-order valence-corrected chi connectivity index (χ1v) is 6.35. The molecule has 6 nitrogen and oxygen atoms in total. The largest absolute Gasteiger partial charge is 0.478 e. The van der Waals surface area contributed by atoms with Gasteiger partial charge in [0.05, 0.1) is 11.7 Å². The van der Waals surface area contributed by atoms with Crippen molar-refractivity contribution in [2.75, 3.05) is 18.9 Å². The summed E-state index contributed by atoms with van der Waals surface area (Å²) in [5, 5.41) is 20.8. The van der Waals surface area contributed by atoms with Gasteiger partial charge in [0.15, 0.2) is 0 Å². The summed E-state index contributed by atoms with van der Waals surface area (Å²) >= 11 is 0. The molecular weight excluding hydrogens is 260 g/mol. The molecule has 3 N–H and O–H groups in total. The van der Waals surface area contributed by atoms with Crippen LogP contribution in [0.2, 0.25) is 0 Å². The third-order valence-corrected chi connectivity index (χ3v) is 2.95. The summed E-state index contributed by atoms with van der Waals surface area (Å²) in [6, 6.07) is 4.39. The fourth-order valence-corrected chi connectivity index (χ4v) is 1.63. The van der Waals surface area contributed by atoms with Crippen LogP contribution in [-0.2, 0) is 0 Å². The smallest absolute Gasteiger partial charge is 0.336 e. The number of aromatic carboxylic acids is 1. The van der Waals surface area contributed by atoms with Crippen molar-refractivity contribution >= 4 is 17.7 Å². The molecule has 0 heterocycles. The number of carbonyl (C=O) groups is 2. The van der Waals surface area contributed by atoms with E-state index in [1.807, 2.05) is 0 Å². The minimum atomic E-state index is -1.03. The zero-order valence-corrected chi connectivity index (χ0v) is 11.9. The Hall–Kier alpha value is -2.08. The second-order valence-electron chi connectivity index (χ2n) is 4.82. The van der Waals surface area contributed by atoms with Gasteiger partial charge in [-0.2, -0.15) is 0 Å². The Kier molecular flexibility index (Phi) is 5.52. The number of anilines is 1. The summed E-state index contributed by atoms with van der Waals surface area (Å²) in [6.45, 7) is 3.77. The number of aryl methyl sites for hydroxylation is 1. The lowest BCUT2D eigenvalue weighted by molar-refractivity contribution is 0.0696. The van der Waals surface area contributed by atoms with Crippen LogP contribution in [0.15, 0.2) is 18.2 Å². The lowest BCUT2D eigenvalue weighted by atomic mass is 10.1. The van der Waals surface area contributed by atoms with Crippen molar-refractivity contribution in [3.63, 3.8) is 0 Å². The van der Waals surface area contributed by atoms with Gasteiger partial charge in [-0.15, -0.1) is 0 Å². The van der Waals surface area contributed by atoms with Gasteiger partial charge in [-0.25, -0.2) is 9.59 Å². The number of aliphatic hydroxyl groups excluding tert-OH is 1. The van der Waals surface area contributed by atoms with E-state index in [9.17, 15) is 14.7 Å². The number of nitrogens with zero attached hydrogens (tertiary/aromatic N) is 1. The maximum atomic E-state index is 11.9. The van der Waals surface area contributed by atoms with Crippen LogP contribution < -0.4 is 5.32 Å². The SMILES string of the molecule is Cc1ccc(NC(=O)N(C)CCC(C)O)cc1C(=O)O. The number of carboxylic acids is 1. The Balaban J connectivity index is 2.71. The number of amides is 2. The van der Waals surface area contributed by atoms with Crippen LogP contribution in [0.25, 0.3) is 0 Å². The molecule has 2 amide bonds. The van der Waals surface area contributed by atoms with Crippen molar-refractivity contribution in [2.45, 2.75) is 26.4 Å². The zero-order valence-electron chi connectivity index (χ0n) is 11.9. The van der Waals surface area contributed by atoms with Gasteiger partial charge >= 0.3 is 12.0 Å². The molecule has 1 aromatic carbocycles. The highest BCUT2D eigenvalue weighted by Crippen LogP contribution is 2.15. The molecule has 1 atom stereocenters. The van der Waals surface area contributed by atoms with E-state index >= 15 is 0 Å². The number of hydrogen-bond donors (Lipinski definition) is 3. The summed E-state index contributed by atoms with van der Waals surface area (Å²) < 4.78 is 0. The number of nitrogens with one attached hydrogen (secondary N) is 1. The van der Waals surface area contributed by atoms with Crippen LogP contribution in [0, 0.1) is 6.92 Å². The van der Waals surface area contributed by atoms with E-state index in [4.69, 9.17) is 5.11 Å². The average Bonchev–Trinajstić information content (AvgIpc) is 2.37. The van der Waals surface area contributed by atoms with Gasteiger partial charge in [-0.3, -0.25) is 0 Å². The lowest BCUT2D eigenvalue weighted by Gasteiger charge is -2.19. The van der Waals surface area contributed by atoms with Gasteiger partial charge in [0.1, 0.15) is 0 Å². The van der Waals surface area contributed by atoms with Gasteiger partial charge in [0.25, 0.3) is 0 Å². The first-order chi connectivity index (χ1) is 9.31. The van der Waals surface area contributed by atoms with Crippen molar-refractivity contribution in [2.24, 2.45) is 0 Å². The zero-order chi connectivity index (χ0) is 15.3. The number of carbonyl (C=O) groups excluding carboxylic acids is 1. The number of benzene rings is 1. The summed E-state index contributed by atoms with van der Waals surface area (Å²) in [7, 11) is 1.62. The topological polar surface area (TPSA) is 89.9 Å². The standard InChI is InChI=1S/C14H20N2O4/c1-9-4-5-11(8-12(9)13(18)19)15-14(20)16(3)7-6-10(2)17/h4-5,8,10,17H,6-7H2,1-3H3,(H,15,20)(H,18,19). The maximum absolute atomic E-state index is 11.9. The molecule has 0 bridgehead atoms. The highest BCUT2D eigenvalue weighted by atomic mass is 16.4. The van der Waals surface area contributed by atoms with Crippen LogP contribution in [0.4, 0.5) is 10.5 Å². The van der Waals surface area contributed by atoms with Crippen molar-refractivity contribution in [1.29, 1.82) is 0 Å². The molecule has 0 aromatic heterocycles. The fourth-order valence-electron chi connectivity index (χ4n) is 1.63. The van der Waals surface area contributed by atoms with E-state index < -0.39 is 12.1 Å². The lowest BCUT2D eigenvalue weighted by Crippen LogP contribution is -2.33. The summed E-state index contributed by atoms with van der Waals surface area (Å²) in [5.74, 6) is -1.03. The summed E-state index contributed by atoms with van der Waals surface area (Å²) in [6.07, 6.45) is 0.0151. The van der Waals surface area contributed by atoms with Gasteiger partial charge in [0.2, 0.25) is 0 Å². The highest BCUT2D eigenvalue weighted by Gasteiger charge is 2.12. The molecule has 20 heavy (non-hydrogen) atoms. The van der Waals surface area contributed by atoms with E-state index in [-0.39, 0.29) is 11.6 Å². The first-order valence-electron chi connectivity index (χ1n) is 6.35. The second kappa shape index (κ2) is 6.91. The Morgan fingerprint density at radius 2 is 2.05 bits per heavy atom. The molecular formula is C14H20N2O4. The second-order valence-corrected chi connectivity index (χ2v) is 4.82. The first kappa shape index (κ1) is 16.0. The highest BCUT2D eigenvalue weighted by molar-refractivity contribution is 5.94. The molecule has 0 aliphatic carbocycles. The third kappa shape index (κ3) is 4.55. The molecule has 6 heteroatoms. The van der Waals surface area contributed by atoms with E-state index in [1.54, 1.807) is 33.0 Å². The summed E-state index contributed by atoms with van der Waals surface area (Å²) in [5.41, 5.74) is 1.23. The number of urea groups is 1. The van der Waals surface area contributed by atoms with Crippen LogP contribution in [0.1, 0.15) is 29.3 Å². The minimum Gasteiger partial charge on any atom is -0.478 e. The van der Waals surface area contributed by atoms with Crippen molar-refractivity contribution < 1.29 is 19.8 Å². The van der Waals surface area contributed by atoms with Gasteiger partial charge in [0, 0.05) is 19.3 Å². The van der Waals surface area contributed by atoms with E-state index in [0.717, 1.165) is 0 Å². The number of aliphatic hydroxyl groups is 1. The molecule has 1 unspecified atom stereocenters. The number of hydrogen-bond acceptors (Lipinski definition) is 3. The van der Waals surface area contributed by atoms with Crippen molar-refractivity contribution in [3.05, 3.63) is 29.3 Å². The Labute approximate surface area is 118 Å². The predicted octanol–water partition coefficient (Wildman–Crippen LogP) is 1.93. The van der Waals surface area contributed by atoms with Crippen molar-refractivity contribution in [1.82, 2.24) is 4.90 Å². The molecule has 0 saturated heterocycles. The van der Waals surface area contributed by atoms with Gasteiger partial charge in [-0.1, -0.05) is 6.07 Å². The molecule has 1 aromatic rings. The van der Waals surface area contributed by atoms with Crippen molar-refractivity contribution in [3.8, 4) is 0 Å². The monoisotopic (exact) mass is 280 g/mol. The molecule has 0 aliphatic rings. The van der Waals surface area contributed by atoms with E-state index in [1.165, 1.54) is 11.0 Å². The Morgan fingerprint density at radius 3 is 2.60 bits per heavy atom. The molecule has 1 rings (SSSR count). The fraction of sp³-hybridized carbons (Fsp3) is 0.429. The number of rotatable bonds is 5. The molecule has 0 saturated carbocycles.